The van der Waals surface area contributed by atoms with Crippen molar-refractivity contribution in [2.75, 3.05) is 20.3 Å². The van der Waals surface area contributed by atoms with Gasteiger partial charge in [0.05, 0.1) is 6.61 Å². The number of esters is 2. The molecule has 0 saturated heterocycles. The second kappa shape index (κ2) is 45.3. The van der Waals surface area contributed by atoms with Gasteiger partial charge in [-0.15, -0.1) is 0 Å². The molecule has 0 rings (SSSR count). The highest BCUT2D eigenvalue weighted by Crippen LogP contribution is 2.42. The second-order valence-electron chi connectivity index (χ2n) is 15.9. The summed E-state index contributed by atoms with van der Waals surface area (Å²) in [5.74, 6) is -0.811. The monoisotopic (exact) mass is 849 g/mol. The third-order valence-corrected chi connectivity index (χ3v) is 11.2. The molecule has 0 aromatic carbocycles. The van der Waals surface area contributed by atoms with Gasteiger partial charge in [0.2, 0.25) is 0 Å². The molecule has 0 radical (unpaired) electrons. The van der Waals surface area contributed by atoms with E-state index in [4.69, 9.17) is 14.0 Å². The van der Waals surface area contributed by atoms with E-state index in [-0.39, 0.29) is 25.4 Å². The van der Waals surface area contributed by atoms with Gasteiger partial charge in [0, 0.05) is 20.0 Å². The van der Waals surface area contributed by atoms with Gasteiger partial charge in [0.1, 0.15) is 6.61 Å². The van der Waals surface area contributed by atoms with Crippen LogP contribution in [-0.4, -0.2) is 43.3 Å². The van der Waals surface area contributed by atoms with E-state index in [1.807, 2.05) is 0 Å². The van der Waals surface area contributed by atoms with Crippen molar-refractivity contribution < 1.29 is 37.6 Å². The molecule has 0 aliphatic carbocycles. The SMILES string of the molecule is CC/C=C\C/C=C\C/C=C\C/C=C\CCCCCCCCCCCCC(=O)OC(COC(=O)CCCCCCCCC/C=C\CCCCCCCC)COP(=O)(O)OC. The van der Waals surface area contributed by atoms with E-state index in [0.717, 1.165) is 77.7 Å². The second-order valence-corrected chi connectivity index (χ2v) is 17.4. The fraction of sp³-hybridized carbons (Fsp3) is 0.760. The lowest BCUT2D eigenvalue weighted by Gasteiger charge is -2.19. The highest BCUT2D eigenvalue weighted by molar-refractivity contribution is 7.47. The fourth-order valence-corrected chi connectivity index (χ4v) is 7.05. The van der Waals surface area contributed by atoms with Crippen molar-refractivity contribution in [2.45, 2.75) is 225 Å². The molecule has 0 aliphatic rings. The van der Waals surface area contributed by atoms with E-state index in [0.29, 0.717) is 6.42 Å². The predicted octanol–water partition coefficient (Wildman–Crippen LogP) is 15.5. The number of unbranched alkanes of at least 4 members (excludes halogenated alkanes) is 23. The first kappa shape index (κ1) is 56.8. The van der Waals surface area contributed by atoms with Gasteiger partial charge in [-0.2, -0.15) is 0 Å². The number of carbonyl (C=O) groups excluding carboxylic acids is 2. The molecule has 8 nitrogen and oxygen atoms in total. The smallest absolute Gasteiger partial charge is 0.462 e. The van der Waals surface area contributed by atoms with Crippen LogP contribution in [-0.2, 0) is 32.7 Å². The van der Waals surface area contributed by atoms with E-state index in [1.54, 1.807) is 0 Å². The van der Waals surface area contributed by atoms with Crippen LogP contribution in [0.15, 0.2) is 60.8 Å². The Morgan fingerprint density at radius 3 is 1.31 bits per heavy atom. The average Bonchev–Trinajstić information content (AvgIpc) is 3.23. The summed E-state index contributed by atoms with van der Waals surface area (Å²) in [6.45, 7) is 3.78. The number of carbonyl (C=O) groups is 2. The highest BCUT2D eigenvalue weighted by atomic mass is 31.2. The standard InChI is InChI=1S/C50H89O8P/c1-4-6-8-10-12-14-16-18-20-22-23-24-25-26-27-29-31-33-35-37-39-41-43-45-50(52)58-48(47-57-59(53,54)55-3)46-56-49(51)44-42-40-38-36-34-32-30-28-21-19-17-15-13-11-9-7-5-2/h6,8,12,14,18-21,23-24,48H,4-5,7,9-11,13,15-17,22,25-47H2,1-3H3,(H,53,54)/b8-6-,14-12-,20-18-,21-19-,24-23-. The van der Waals surface area contributed by atoms with Gasteiger partial charge in [-0.25, -0.2) is 4.57 Å². The van der Waals surface area contributed by atoms with Crippen LogP contribution in [0.5, 0.6) is 0 Å². The summed E-state index contributed by atoms with van der Waals surface area (Å²) in [5.41, 5.74) is 0. The van der Waals surface area contributed by atoms with E-state index >= 15 is 0 Å². The summed E-state index contributed by atoms with van der Waals surface area (Å²) in [6.07, 6.45) is 57.0. The molecule has 59 heavy (non-hydrogen) atoms. The van der Waals surface area contributed by atoms with Gasteiger partial charge in [0.25, 0.3) is 0 Å². The summed E-state index contributed by atoms with van der Waals surface area (Å²) in [5, 5.41) is 0. The molecular weight excluding hydrogens is 760 g/mol. The molecule has 0 aliphatic heterocycles. The first-order valence-corrected chi connectivity index (χ1v) is 25.5. The minimum Gasteiger partial charge on any atom is -0.462 e. The number of hydrogen-bond donors (Lipinski definition) is 1. The highest BCUT2D eigenvalue weighted by Gasteiger charge is 2.24. The van der Waals surface area contributed by atoms with Crippen molar-refractivity contribution in [3.8, 4) is 0 Å². The minimum atomic E-state index is -4.27. The summed E-state index contributed by atoms with van der Waals surface area (Å²) in [7, 11) is -3.21. The molecule has 0 amide bonds. The number of ether oxygens (including phenoxy) is 2. The molecule has 0 heterocycles. The maximum atomic E-state index is 12.6. The van der Waals surface area contributed by atoms with Gasteiger partial charge < -0.3 is 14.4 Å². The molecule has 0 aromatic rings. The minimum absolute atomic E-state index is 0.230. The molecule has 0 bridgehead atoms. The van der Waals surface area contributed by atoms with Gasteiger partial charge >= 0.3 is 19.8 Å². The quantitative estimate of drug-likeness (QED) is 0.0279. The third-order valence-electron chi connectivity index (χ3n) is 10.2. The van der Waals surface area contributed by atoms with Crippen molar-refractivity contribution in [3.63, 3.8) is 0 Å². The number of rotatable bonds is 44. The van der Waals surface area contributed by atoms with E-state index in [1.165, 1.54) is 116 Å². The molecule has 1 N–H and O–H groups in total. The lowest BCUT2D eigenvalue weighted by molar-refractivity contribution is -0.161. The maximum Gasteiger partial charge on any atom is 0.472 e. The first-order valence-electron chi connectivity index (χ1n) is 24.0. The number of allylic oxidation sites excluding steroid dienone is 10. The zero-order valence-electron chi connectivity index (χ0n) is 38.1. The Morgan fingerprint density at radius 2 is 0.864 bits per heavy atom. The van der Waals surface area contributed by atoms with Crippen LogP contribution in [0.4, 0.5) is 0 Å². The van der Waals surface area contributed by atoms with Gasteiger partial charge in [-0.3, -0.25) is 18.6 Å². The van der Waals surface area contributed by atoms with Crippen molar-refractivity contribution in [3.05, 3.63) is 60.8 Å². The van der Waals surface area contributed by atoms with Gasteiger partial charge in [-0.1, -0.05) is 190 Å². The number of phosphoric ester groups is 1. The van der Waals surface area contributed by atoms with E-state index in [2.05, 4.69) is 79.1 Å². The van der Waals surface area contributed by atoms with Crippen molar-refractivity contribution in [2.24, 2.45) is 0 Å². The fourth-order valence-electron chi connectivity index (χ4n) is 6.59. The Hall–Kier alpha value is -2.25. The largest absolute Gasteiger partial charge is 0.472 e. The zero-order chi connectivity index (χ0) is 43.2. The lowest BCUT2D eigenvalue weighted by Crippen LogP contribution is -2.29. The molecule has 0 fully saturated rings. The molecule has 0 aromatic heterocycles. The predicted molar refractivity (Wildman–Crippen MR) is 248 cm³/mol. The van der Waals surface area contributed by atoms with Crippen LogP contribution < -0.4 is 0 Å². The summed E-state index contributed by atoms with van der Waals surface area (Å²) >= 11 is 0. The Balaban J connectivity index is 3.95. The van der Waals surface area contributed by atoms with Crippen LogP contribution in [0.25, 0.3) is 0 Å². The Labute approximate surface area is 362 Å². The van der Waals surface area contributed by atoms with Crippen LogP contribution in [0.2, 0.25) is 0 Å². The molecular formula is C50H89O8P. The van der Waals surface area contributed by atoms with Crippen molar-refractivity contribution >= 4 is 19.8 Å². The van der Waals surface area contributed by atoms with Crippen LogP contribution in [0.3, 0.4) is 0 Å². The summed E-state index contributed by atoms with van der Waals surface area (Å²) in [6, 6.07) is 0. The normalized spacial score (nSPS) is 13.8. The molecule has 0 spiro atoms. The Kier molecular flexibility index (Phi) is 43.6. The number of hydrogen-bond acceptors (Lipinski definition) is 7. The first-order chi connectivity index (χ1) is 28.8. The Morgan fingerprint density at radius 1 is 0.492 bits per heavy atom. The van der Waals surface area contributed by atoms with Crippen molar-refractivity contribution in [1.82, 2.24) is 0 Å². The van der Waals surface area contributed by atoms with E-state index in [9.17, 15) is 19.0 Å². The van der Waals surface area contributed by atoms with Crippen LogP contribution in [0.1, 0.15) is 219 Å². The lowest BCUT2D eigenvalue weighted by atomic mass is 10.0. The maximum absolute atomic E-state index is 12.6. The van der Waals surface area contributed by atoms with Gasteiger partial charge in [0.15, 0.2) is 6.10 Å². The van der Waals surface area contributed by atoms with Crippen LogP contribution in [0, 0.1) is 0 Å². The van der Waals surface area contributed by atoms with E-state index < -0.39 is 26.5 Å². The summed E-state index contributed by atoms with van der Waals surface area (Å²) in [4.78, 5) is 34.6. The Bertz CT molecular complexity index is 1140. The number of phosphoric acid groups is 1. The molecule has 2 unspecified atom stereocenters. The van der Waals surface area contributed by atoms with Crippen LogP contribution >= 0.6 is 7.82 Å². The molecule has 9 heteroatoms. The topological polar surface area (TPSA) is 108 Å². The summed E-state index contributed by atoms with van der Waals surface area (Å²) < 4.78 is 32.1. The zero-order valence-corrected chi connectivity index (χ0v) is 39.0. The molecule has 0 saturated carbocycles. The third kappa shape index (κ3) is 45.1. The average molecular weight is 849 g/mol. The molecule has 2 atom stereocenters. The van der Waals surface area contributed by atoms with Crippen molar-refractivity contribution in [1.29, 1.82) is 0 Å². The molecule has 342 valence electrons. The van der Waals surface area contributed by atoms with Gasteiger partial charge in [-0.05, 0) is 77.0 Å².